The van der Waals surface area contributed by atoms with Gasteiger partial charge in [-0.25, -0.2) is 4.98 Å². The first-order valence-corrected chi connectivity index (χ1v) is 9.01. The van der Waals surface area contributed by atoms with Gasteiger partial charge in [-0.3, -0.25) is 4.79 Å². The number of hydrogen-bond donors (Lipinski definition) is 1. The van der Waals surface area contributed by atoms with E-state index in [4.69, 9.17) is 5.11 Å². The van der Waals surface area contributed by atoms with E-state index in [1.165, 1.54) is 0 Å². The Morgan fingerprint density at radius 3 is 3.09 bits per heavy atom. The van der Waals surface area contributed by atoms with E-state index in [2.05, 4.69) is 4.98 Å². The van der Waals surface area contributed by atoms with Crippen LogP contribution in [0, 0.1) is 6.92 Å². The van der Waals surface area contributed by atoms with Crippen molar-refractivity contribution in [3.63, 3.8) is 0 Å². The summed E-state index contributed by atoms with van der Waals surface area (Å²) in [6, 6.07) is 8.01. The number of hydrogen-bond acceptors (Lipinski definition) is 4. The van der Waals surface area contributed by atoms with Crippen LogP contribution in [0.4, 0.5) is 0 Å². The predicted octanol–water partition coefficient (Wildman–Crippen LogP) is 3.50. The van der Waals surface area contributed by atoms with Crippen LogP contribution in [0.15, 0.2) is 29.6 Å². The maximum absolute atomic E-state index is 12.9. The number of carbonyl (C=O) groups is 1. The van der Waals surface area contributed by atoms with Crippen molar-refractivity contribution in [2.45, 2.75) is 38.6 Å². The molecule has 1 N–H and O–H groups in total. The molecule has 122 valence electrons. The summed E-state index contributed by atoms with van der Waals surface area (Å²) in [6.07, 6.45) is 3.73. The van der Waals surface area contributed by atoms with Gasteiger partial charge in [0.05, 0.1) is 10.7 Å². The molecule has 0 aliphatic carbocycles. The van der Waals surface area contributed by atoms with E-state index >= 15 is 0 Å². The lowest BCUT2D eigenvalue weighted by Crippen LogP contribution is -2.35. The molecule has 4 nitrogen and oxygen atoms in total. The Morgan fingerprint density at radius 1 is 1.48 bits per heavy atom. The fourth-order valence-electron chi connectivity index (χ4n) is 3.20. The quantitative estimate of drug-likeness (QED) is 0.913. The number of nitrogens with zero attached hydrogens (tertiary/aromatic N) is 2. The lowest BCUT2D eigenvalue weighted by Gasteiger charge is -2.24. The van der Waals surface area contributed by atoms with Crippen LogP contribution in [-0.4, -0.2) is 40.1 Å². The summed E-state index contributed by atoms with van der Waals surface area (Å²) in [6.45, 7) is 2.99. The molecule has 1 fully saturated rings. The van der Waals surface area contributed by atoms with E-state index in [0.29, 0.717) is 0 Å². The lowest BCUT2D eigenvalue weighted by molar-refractivity contribution is 0.0724. The number of aliphatic hydroxyl groups excluding tert-OH is 1. The maximum Gasteiger partial charge on any atom is 0.254 e. The van der Waals surface area contributed by atoms with E-state index in [0.717, 1.165) is 54.1 Å². The first kappa shape index (κ1) is 16.1. The van der Waals surface area contributed by atoms with Gasteiger partial charge in [0.2, 0.25) is 0 Å². The number of aromatic nitrogens is 1. The number of carbonyl (C=O) groups excluding carboxylic acids is 1. The standard InChI is InChI=1S/C18H22N2O2S/c1-13-19-17(12-23-13)14-5-2-6-15(11-14)18(22)20-9-3-7-16(20)8-4-10-21/h2,5-6,11-12,16,21H,3-4,7-10H2,1H3. The van der Waals surface area contributed by atoms with E-state index in [9.17, 15) is 4.79 Å². The minimum Gasteiger partial charge on any atom is -0.396 e. The number of thiazole rings is 1. The molecular formula is C18H22N2O2S. The average molecular weight is 330 g/mol. The third-order valence-corrected chi connectivity index (χ3v) is 5.13. The van der Waals surface area contributed by atoms with Crippen LogP contribution in [0.25, 0.3) is 11.3 Å². The largest absolute Gasteiger partial charge is 0.396 e. The molecule has 0 radical (unpaired) electrons. The molecule has 1 saturated heterocycles. The van der Waals surface area contributed by atoms with Gasteiger partial charge in [0.15, 0.2) is 0 Å². The molecule has 1 aromatic carbocycles. The third-order valence-electron chi connectivity index (χ3n) is 4.36. The van der Waals surface area contributed by atoms with Crippen LogP contribution in [0.1, 0.15) is 41.0 Å². The highest BCUT2D eigenvalue weighted by Gasteiger charge is 2.29. The summed E-state index contributed by atoms with van der Waals surface area (Å²) in [5, 5.41) is 12.1. The van der Waals surface area contributed by atoms with Gasteiger partial charge >= 0.3 is 0 Å². The number of aryl methyl sites for hydroxylation is 1. The molecule has 1 aliphatic heterocycles. The van der Waals surface area contributed by atoms with Gasteiger partial charge in [-0.2, -0.15) is 0 Å². The third kappa shape index (κ3) is 3.62. The van der Waals surface area contributed by atoms with Crippen molar-refractivity contribution in [3.05, 3.63) is 40.2 Å². The SMILES string of the molecule is Cc1nc(-c2cccc(C(=O)N3CCCC3CCCO)c2)cs1. The molecule has 0 bridgehead atoms. The molecule has 5 heteroatoms. The van der Waals surface area contributed by atoms with Gasteiger partial charge < -0.3 is 10.0 Å². The van der Waals surface area contributed by atoms with Gasteiger partial charge in [-0.1, -0.05) is 12.1 Å². The van der Waals surface area contributed by atoms with Crippen LogP contribution in [-0.2, 0) is 0 Å². The smallest absolute Gasteiger partial charge is 0.254 e. The summed E-state index contributed by atoms with van der Waals surface area (Å²) in [7, 11) is 0. The minimum atomic E-state index is 0.0965. The number of aliphatic hydroxyl groups is 1. The minimum absolute atomic E-state index is 0.0965. The van der Waals surface area contributed by atoms with E-state index in [-0.39, 0.29) is 18.6 Å². The van der Waals surface area contributed by atoms with Crippen LogP contribution in [0.2, 0.25) is 0 Å². The second-order valence-electron chi connectivity index (χ2n) is 5.99. The number of rotatable bonds is 5. The van der Waals surface area contributed by atoms with Crippen LogP contribution >= 0.6 is 11.3 Å². The van der Waals surface area contributed by atoms with Crippen LogP contribution in [0.5, 0.6) is 0 Å². The zero-order valence-corrected chi connectivity index (χ0v) is 14.2. The molecule has 1 aliphatic rings. The zero-order valence-electron chi connectivity index (χ0n) is 13.4. The van der Waals surface area contributed by atoms with Gasteiger partial charge in [-0.05, 0) is 44.7 Å². The number of benzene rings is 1. The van der Waals surface area contributed by atoms with Crippen molar-refractivity contribution < 1.29 is 9.90 Å². The first-order valence-electron chi connectivity index (χ1n) is 8.13. The van der Waals surface area contributed by atoms with E-state index in [1.54, 1.807) is 11.3 Å². The van der Waals surface area contributed by atoms with Crippen molar-refractivity contribution >= 4 is 17.2 Å². The van der Waals surface area contributed by atoms with E-state index < -0.39 is 0 Å². The zero-order chi connectivity index (χ0) is 16.2. The summed E-state index contributed by atoms with van der Waals surface area (Å²) >= 11 is 1.62. The van der Waals surface area contributed by atoms with Gasteiger partial charge in [0, 0.05) is 35.7 Å². The second-order valence-corrected chi connectivity index (χ2v) is 7.06. The molecule has 2 aromatic rings. The summed E-state index contributed by atoms with van der Waals surface area (Å²) in [5.41, 5.74) is 2.65. The molecule has 1 atom stereocenters. The number of likely N-dealkylation sites (tertiary alicyclic amines) is 1. The average Bonchev–Trinajstić information content (AvgIpc) is 3.21. The first-order chi connectivity index (χ1) is 11.2. The van der Waals surface area contributed by atoms with Crippen molar-refractivity contribution in [2.75, 3.05) is 13.2 Å². The fraction of sp³-hybridized carbons (Fsp3) is 0.444. The summed E-state index contributed by atoms with van der Waals surface area (Å²) in [5.74, 6) is 0.0965. The molecule has 1 aromatic heterocycles. The molecule has 0 spiro atoms. The van der Waals surface area contributed by atoms with Gasteiger partial charge in [0.1, 0.15) is 0 Å². The van der Waals surface area contributed by atoms with Crippen LogP contribution < -0.4 is 0 Å². The Balaban J connectivity index is 1.79. The number of amides is 1. The molecular weight excluding hydrogens is 308 g/mol. The molecule has 2 heterocycles. The van der Waals surface area contributed by atoms with Crippen molar-refractivity contribution in [1.29, 1.82) is 0 Å². The highest BCUT2D eigenvalue weighted by molar-refractivity contribution is 7.09. The second kappa shape index (κ2) is 7.23. The monoisotopic (exact) mass is 330 g/mol. The summed E-state index contributed by atoms with van der Waals surface area (Å²) in [4.78, 5) is 19.3. The summed E-state index contributed by atoms with van der Waals surface area (Å²) < 4.78 is 0. The molecule has 0 saturated carbocycles. The lowest BCUT2D eigenvalue weighted by atomic mass is 10.1. The van der Waals surface area contributed by atoms with Gasteiger partial charge in [-0.15, -0.1) is 11.3 Å². The van der Waals surface area contributed by atoms with Crippen LogP contribution in [0.3, 0.4) is 0 Å². The van der Waals surface area contributed by atoms with Crippen molar-refractivity contribution in [1.82, 2.24) is 9.88 Å². The Morgan fingerprint density at radius 2 is 2.35 bits per heavy atom. The molecule has 1 amide bonds. The van der Waals surface area contributed by atoms with E-state index in [1.807, 2.05) is 41.5 Å². The van der Waals surface area contributed by atoms with Gasteiger partial charge in [0.25, 0.3) is 5.91 Å². The molecule has 23 heavy (non-hydrogen) atoms. The Bertz CT molecular complexity index is 683. The highest BCUT2D eigenvalue weighted by Crippen LogP contribution is 2.26. The maximum atomic E-state index is 12.9. The fourth-order valence-corrected chi connectivity index (χ4v) is 3.83. The predicted molar refractivity (Wildman–Crippen MR) is 92.7 cm³/mol. The van der Waals surface area contributed by atoms with Crippen molar-refractivity contribution in [3.8, 4) is 11.3 Å². The molecule has 3 rings (SSSR count). The highest BCUT2D eigenvalue weighted by atomic mass is 32.1. The Labute approximate surface area is 140 Å². The Hall–Kier alpha value is -1.72. The Kier molecular flexibility index (Phi) is 5.08. The molecule has 1 unspecified atom stereocenters. The topological polar surface area (TPSA) is 53.4 Å². The normalized spacial score (nSPS) is 17.7. The van der Waals surface area contributed by atoms with Crippen molar-refractivity contribution in [2.24, 2.45) is 0 Å².